The summed E-state index contributed by atoms with van der Waals surface area (Å²) in [5, 5.41) is 10.3. The molecule has 1 aliphatic heterocycles. The van der Waals surface area contributed by atoms with E-state index < -0.39 is 0 Å². The molecule has 16 heavy (non-hydrogen) atoms. The summed E-state index contributed by atoms with van der Waals surface area (Å²) >= 11 is 0. The summed E-state index contributed by atoms with van der Waals surface area (Å²) in [6.07, 6.45) is 6.65. The molecule has 2 heterocycles. The Morgan fingerprint density at radius 3 is 3.12 bits per heavy atom. The lowest BCUT2D eigenvalue weighted by atomic mass is 10.2. The highest BCUT2D eigenvalue weighted by Crippen LogP contribution is 2.29. The number of likely N-dealkylation sites (tertiary alicyclic amines) is 1. The van der Waals surface area contributed by atoms with E-state index in [1.807, 2.05) is 0 Å². The maximum atomic E-state index is 4.12. The quantitative estimate of drug-likeness (QED) is 0.744. The summed E-state index contributed by atoms with van der Waals surface area (Å²) in [4.78, 5) is 6.75. The number of hydrogen-bond acceptors (Lipinski definition) is 4. The highest BCUT2D eigenvalue weighted by molar-refractivity contribution is 4.92. The molecule has 1 aromatic rings. The lowest BCUT2D eigenvalue weighted by molar-refractivity contribution is 0.318. The predicted molar refractivity (Wildman–Crippen MR) is 61.1 cm³/mol. The van der Waals surface area contributed by atoms with E-state index in [0.717, 1.165) is 24.8 Å². The first-order valence-corrected chi connectivity index (χ1v) is 6.23. The Kier molecular flexibility index (Phi) is 2.88. The smallest absolute Gasteiger partial charge is 0.137 e. The molecule has 1 aliphatic carbocycles. The molecule has 1 aromatic heterocycles. The summed E-state index contributed by atoms with van der Waals surface area (Å²) < 4.78 is 0. The summed E-state index contributed by atoms with van der Waals surface area (Å²) in [7, 11) is 0. The molecular formula is C11H19N5. The fourth-order valence-electron chi connectivity index (χ4n) is 2.47. The molecule has 5 nitrogen and oxygen atoms in total. The van der Waals surface area contributed by atoms with E-state index in [2.05, 4.69) is 25.4 Å². The van der Waals surface area contributed by atoms with Crippen LogP contribution in [0.5, 0.6) is 0 Å². The topological polar surface area (TPSA) is 56.8 Å². The van der Waals surface area contributed by atoms with Crippen LogP contribution < -0.4 is 5.32 Å². The molecular weight excluding hydrogens is 202 g/mol. The molecule has 0 bridgehead atoms. The van der Waals surface area contributed by atoms with Crippen LogP contribution in [0.1, 0.15) is 25.1 Å². The Labute approximate surface area is 95.6 Å². The van der Waals surface area contributed by atoms with Crippen molar-refractivity contribution in [2.45, 2.75) is 37.8 Å². The van der Waals surface area contributed by atoms with Crippen LogP contribution in [-0.4, -0.2) is 51.8 Å². The zero-order valence-corrected chi connectivity index (χ0v) is 9.52. The molecule has 5 heteroatoms. The first-order valence-electron chi connectivity index (χ1n) is 6.23. The molecule has 2 aliphatic rings. The van der Waals surface area contributed by atoms with Gasteiger partial charge in [-0.2, -0.15) is 5.10 Å². The third-order valence-corrected chi connectivity index (χ3v) is 3.54. The van der Waals surface area contributed by atoms with Crippen molar-refractivity contribution in [3.05, 3.63) is 12.2 Å². The Morgan fingerprint density at radius 2 is 2.38 bits per heavy atom. The average molecular weight is 221 g/mol. The van der Waals surface area contributed by atoms with Gasteiger partial charge in [0, 0.05) is 38.1 Å². The van der Waals surface area contributed by atoms with Crippen molar-refractivity contribution in [3.63, 3.8) is 0 Å². The van der Waals surface area contributed by atoms with Crippen LogP contribution in [-0.2, 0) is 6.42 Å². The number of nitrogens with zero attached hydrogens (tertiary/aromatic N) is 3. The number of rotatable bonds is 5. The molecule has 1 saturated carbocycles. The Balaban J connectivity index is 1.36. The maximum Gasteiger partial charge on any atom is 0.137 e. The monoisotopic (exact) mass is 221 g/mol. The number of aromatic amines is 1. The zero-order valence-electron chi connectivity index (χ0n) is 9.52. The first-order chi connectivity index (χ1) is 7.92. The number of nitrogens with one attached hydrogen (secondary N) is 2. The minimum atomic E-state index is 0.684. The molecule has 2 fully saturated rings. The van der Waals surface area contributed by atoms with Gasteiger partial charge in [-0.05, 0) is 19.3 Å². The van der Waals surface area contributed by atoms with Crippen molar-refractivity contribution >= 4 is 0 Å². The lowest BCUT2D eigenvalue weighted by Crippen LogP contribution is -2.34. The molecule has 88 valence electrons. The van der Waals surface area contributed by atoms with Crippen molar-refractivity contribution in [2.75, 3.05) is 19.6 Å². The van der Waals surface area contributed by atoms with E-state index in [9.17, 15) is 0 Å². The minimum Gasteiger partial charge on any atom is -0.312 e. The normalized spacial score (nSPS) is 26.4. The highest BCUT2D eigenvalue weighted by atomic mass is 15.2. The van der Waals surface area contributed by atoms with E-state index >= 15 is 0 Å². The van der Waals surface area contributed by atoms with Crippen LogP contribution in [0.3, 0.4) is 0 Å². The summed E-state index contributed by atoms with van der Waals surface area (Å²) in [6.45, 7) is 3.52. The Bertz CT molecular complexity index is 319. The third-order valence-electron chi connectivity index (χ3n) is 3.54. The third kappa shape index (κ3) is 2.41. The minimum absolute atomic E-state index is 0.684. The number of H-pyrrole nitrogens is 1. The fourth-order valence-corrected chi connectivity index (χ4v) is 2.47. The second kappa shape index (κ2) is 4.51. The van der Waals surface area contributed by atoms with E-state index in [0.29, 0.717) is 6.04 Å². The second-order valence-electron chi connectivity index (χ2n) is 4.85. The van der Waals surface area contributed by atoms with Gasteiger partial charge >= 0.3 is 0 Å². The van der Waals surface area contributed by atoms with Gasteiger partial charge in [0.05, 0.1) is 0 Å². The van der Waals surface area contributed by atoms with Crippen molar-refractivity contribution in [1.29, 1.82) is 0 Å². The first kappa shape index (κ1) is 10.2. The molecule has 0 aromatic carbocycles. The van der Waals surface area contributed by atoms with E-state index in [1.54, 1.807) is 6.33 Å². The van der Waals surface area contributed by atoms with Crippen LogP contribution in [0.4, 0.5) is 0 Å². The second-order valence-corrected chi connectivity index (χ2v) is 4.85. The van der Waals surface area contributed by atoms with E-state index in [-0.39, 0.29) is 0 Å². The molecule has 1 saturated heterocycles. The SMILES string of the molecule is c1n[nH]c(CCNC2CCN(C3CC3)C2)n1. The van der Waals surface area contributed by atoms with Gasteiger partial charge in [0.25, 0.3) is 0 Å². The maximum absolute atomic E-state index is 4.12. The van der Waals surface area contributed by atoms with Crippen molar-refractivity contribution in [3.8, 4) is 0 Å². The van der Waals surface area contributed by atoms with E-state index in [1.165, 1.54) is 32.4 Å². The van der Waals surface area contributed by atoms with Crippen molar-refractivity contribution in [2.24, 2.45) is 0 Å². The lowest BCUT2D eigenvalue weighted by Gasteiger charge is -2.15. The fraction of sp³-hybridized carbons (Fsp3) is 0.818. The average Bonchev–Trinajstić information content (AvgIpc) is 2.83. The van der Waals surface area contributed by atoms with Crippen LogP contribution >= 0.6 is 0 Å². The number of hydrogen-bond donors (Lipinski definition) is 2. The molecule has 0 amide bonds. The van der Waals surface area contributed by atoms with Crippen molar-refractivity contribution < 1.29 is 0 Å². The van der Waals surface area contributed by atoms with Gasteiger partial charge in [0.2, 0.25) is 0 Å². The van der Waals surface area contributed by atoms with Gasteiger partial charge in [-0.1, -0.05) is 0 Å². The van der Waals surface area contributed by atoms with Gasteiger partial charge in [-0.25, -0.2) is 4.98 Å². The molecule has 3 rings (SSSR count). The summed E-state index contributed by atoms with van der Waals surface area (Å²) in [6, 6.07) is 1.60. The molecule has 1 unspecified atom stereocenters. The molecule has 0 radical (unpaired) electrons. The molecule has 0 spiro atoms. The van der Waals surface area contributed by atoms with Gasteiger partial charge in [-0.15, -0.1) is 0 Å². The Hall–Kier alpha value is -0.940. The van der Waals surface area contributed by atoms with Crippen LogP contribution in [0.2, 0.25) is 0 Å². The standard InChI is InChI=1S/C11H19N5/c1-2-10(1)16-6-4-9(7-16)12-5-3-11-13-8-14-15-11/h8-10,12H,1-7H2,(H,13,14,15). The van der Waals surface area contributed by atoms with Crippen molar-refractivity contribution in [1.82, 2.24) is 25.4 Å². The van der Waals surface area contributed by atoms with Gasteiger partial charge in [0.15, 0.2) is 0 Å². The predicted octanol–water partition coefficient (Wildman–Crippen LogP) is 0.173. The van der Waals surface area contributed by atoms with Gasteiger partial charge in [-0.3, -0.25) is 10.00 Å². The largest absolute Gasteiger partial charge is 0.312 e. The van der Waals surface area contributed by atoms with E-state index in [4.69, 9.17) is 0 Å². The molecule has 1 atom stereocenters. The summed E-state index contributed by atoms with van der Waals surface area (Å²) in [5.41, 5.74) is 0. The van der Waals surface area contributed by atoms with Gasteiger partial charge in [0.1, 0.15) is 12.2 Å². The number of aromatic nitrogens is 3. The van der Waals surface area contributed by atoms with Gasteiger partial charge < -0.3 is 5.32 Å². The highest BCUT2D eigenvalue weighted by Gasteiger charge is 2.33. The summed E-state index contributed by atoms with van der Waals surface area (Å²) in [5.74, 6) is 0.976. The van der Waals surface area contributed by atoms with Crippen LogP contribution in [0, 0.1) is 0 Å². The molecule has 2 N–H and O–H groups in total. The Morgan fingerprint density at radius 1 is 1.44 bits per heavy atom. The zero-order chi connectivity index (χ0) is 10.8. The van der Waals surface area contributed by atoms with Crippen LogP contribution in [0.15, 0.2) is 6.33 Å². The van der Waals surface area contributed by atoms with Crippen LogP contribution in [0.25, 0.3) is 0 Å².